The van der Waals surface area contributed by atoms with E-state index in [1.165, 1.54) is 0 Å². The van der Waals surface area contributed by atoms with Crippen LogP contribution in [0.5, 0.6) is 5.75 Å². The van der Waals surface area contributed by atoms with Crippen molar-refractivity contribution < 1.29 is 4.74 Å². The van der Waals surface area contributed by atoms with Gasteiger partial charge in [0.25, 0.3) is 0 Å². The lowest BCUT2D eigenvalue weighted by molar-refractivity contribution is 0.370. The summed E-state index contributed by atoms with van der Waals surface area (Å²) in [5, 5.41) is 0. The Morgan fingerprint density at radius 3 is 2.40 bits per heavy atom. The van der Waals surface area contributed by atoms with E-state index >= 15 is 0 Å². The van der Waals surface area contributed by atoms with Gasteiger partial charge in [-0.2, -0.15) is 0 Å². The first kappa shape index (κ1) is 9.54. The molecule has 2 rings (SSSR count). The number of benzene rings is 1. The maximum Gasteiger partial charge on any atom is 0.190 e. The Labute approximate surface area is 88.2 Å². The highest BCUT2D eigenvalue weighted by atomic mass is 16.5. The minimum absolute atomic E-state index is 0.160. The van der Waals surface area contributed by atoms with Crippen molar-refractivity contribution in [1.82, 2.24) is 0 Å². The monoisotopic (exact) mass is 198 g/mol. The fourth-order valence-corrected chi connectivity index (χ4v) is 1.45. The normalized spacial score (nSPS) is 10.1. The van der Waals surface area contributed by atoms with Gasteiger partial charge in [-0.05, 0) is 24.6 Å². The molecule has 0 aliphatic rings. The topological polar surface area (TPSA) is 26.3 Å². The van der Waals surface area contributed by atoms with Crippen LogP contribution in [-0.2, 0) is 0 Å². The molecule has 0 aromatic heterocycles. The molecule has 0 radical (unpaired) electrons. The Hall–Kier alpha value is -2.01. The summed E-state index contributed by atoms with van der Waals surface area (Å²) < 4.78 is 5.23. The van der Waals surface area contributed by atoms with Gasteiger partial charge in [0.05, 0.1) is 0 Å². The van der Waals surface area contributed by atoms with Crippen molar-refractivity contribution in [3.05, 3.63) is 40.1 Å². The first-order valence-electron chi connectivity index (χ1n) is 4.66. The molecule has 0 saturated carbocycles. The van der Waals surface area contributed by atoms with Crippen LogP contribution in [-0.4, -0.2) is 6.61 Å². The molecule has 0 aliphatic heterocycles. The molecule has 0 heterocycles. The number of ether oxygens (including phenoxy) is 1. The summed E-state index contributed by atoms with van der Waals surface area (Å²) in [6.45, 7) is 2.10. The third-order valence-corrected chi connectivity index (χ3v) is 2.35. The lowest BCUT2D eigenvalue weighted by Gasteiger charge is -2.01. The van der Waals surface area contributed by atoms with E-state index in [1.807, 2.05) is 31.2 Å². The number of hydrogen-bond acceptors (Lipinski definition) is 2. The van der Waals surface area contributed by atoms with Crippen molar-refractivity contribution in [3.63, 3.8) is 0 Å². The fraction of sp³-hybridized carbons (Fsp3) is 0.154. The summed E-state index contributed by atoms with van der Waals surface area (Å²) in [5.74, 6) is 3.12. The fourth-order valence-electron chi connectivity index (χ4n) is 1.45. The summed E-state index contributed by atoms with van der Waals surface area (Å²) in [6, 6.07) is 7.38. The largest absolute Gasteiger partial charge is 0.481 e. The number of hydrogen-bond donors (Lipinski definition) is 0. The molecule has 2 nitrogen and oxygen atoms in total. The second-order valence-electron chi connectivity index (χ2n) is 3.35. The van der Waals surface area contributed by atoms with Gasteiger partial charge >= 0.3 is 0 Å². The summed E-state index contributed by atoms with van der Waals surface area (Å²) in [6.07, 6.45) is 5.07. The first-order valence-corrected chi connectivity index (χ1v) is 4.66. The van der Waals surface area contributed by atoms with E-state index in [0.29, 0.717) is 0 Å². The first-order chi connectivity index (χ1) is 7.24. The van der Waals surface area contributed by atoms with Crippen LogP contribution in [0.15, 0.2) is 29.1 Å². The molecule has 0 unspecified atom stereocenters. The summed E-state index contributed by atoms with van der Waals surface area (Å²) in [7, 11) is 0. The molecule has 0 amide bonds. The molecule has 15 heavy (non-hydrogen) atoms. The second-order valence-corrected chi connectivity index (χ2v) is 3.35. The van der Waals surface area contributed by atoms with E-state index in [2.05, 4.69) is 5.92 Å². The van der Waals surface area contributed by atoms with Gasteiger partial charge in [0.1, 0.15) is 12.4 Å². The van der Waals surface area contributed by atoms with E-state index < -0.39 is 0 Å². The summed E-state index contributed by atoms with van der Waals surface area (Å²) in [4.78, 5) is 11.1. The van der Waals surface area contributed by atoms with Crippen molar-refractivity contribution in [1.29, 1.82) is 0 Å². The highest BCUT2D eigenvalue weighted by molar-refractivity contribution is 5.75. The van der Waals surface area contributed by atoms with Gasteiger partial charge in [-0.1, -0.05) is 18.1 Å². The van der Waals surface area contributed by atoms with E-state index in [-0.39, 0.29) is 12.0 Å². The van der Waals surface area contributed by atoms with Crippen molar-refractivity contribution in [2.24, 2.45) is 0 Å². The van der Waals surface area contributed by atoms with Crippen LogP contribution < -0.4 is 10.2 Å². The van der Waals surface area contributed by atoms with Crippen LogP contribution in [0.25, 0.3) is 11.1 Å². The van der Waals surface area contributed by atoms with Crippen molar-refractivity contribution in [3.8, 4) is 29.2 Å². The number of terminal acetylenes is 1. The molecule has 2 aromatic rings. The Kier molecular flexibility index (Phi) is 2.31. The van der Waals surface area contributed by atoms with Crippen LogP contribution >= 0.6 is 0 Å². The zero-order valence-electron chi connectivity index (χ0n) is 8.41. The lowest BCUT2D eigenvalue weighted by atomic mass is 10.2. The smallest absolute Gasteiger partial charge is 0.190 e. The van der Waals surface area contributed by atoms with Crippen LogP contribution in [0.2, 0.25) is 0 Å². The van der Waals surface area contributed by atoms with Gasteiger partial charge in [-0.3, -0.25) is 4.79 Å². The molecular formula is C13H10O2. The van der Waals surface area contributed by atoms with Gasteiger partial charge in [0, 0.05) is 11.1 Å². The van der Waals surface area contributed by atoms with Crippen LogP contribution in [0, 0.1) is 19.3 Å². The zero-order chi connectivity index (χ0) is 10.8. The van der Waals surface area contributed by atoms with Crippen LogP contribution in [0.3, 0.4) is 0 Å². The quantitative estimate of drug-likeness (QED) is 0.704. The average molecular weight is 198 g/mol. The molecule has 2 heteroatoms. The Morgan fingerprint density at radius 1 is 1.33 bits per heavy atom. The average Bonchev–Trinajstić information content (AvgIpc) is 2.85. The molecular weight excluding hydrogens is 188 g/mol. The SMILES string of the molecule is C#CCOc1ccc(-c2c(C)c2=O)cc1. The predicted octanol–water partition coefficient (Wildman–Crippen LogP) is 1.91. The lowest BCUT2D eigenvalue weighted by Crippen LogP contribution is -1.92. The summed E-state index contributed by atoms with van der Waals surface area (Å²) >= 11 is 0. The molecule has 0 atom stereocenters. The highest BCUT2D eigenvalue weighted by Gasteiger charge is 2.18. The van der Waals surface area contributed by atoms with Gasteiger partial charge in [-0.15, -0.1) is 6.42 Å². The molecule has 74 valence electrons. The minimum atomic E-state index is 0.160. The Bertz CT molecular complexity index is 520. The molecule has 0 saturated heterocycles. The van der Waals surface area contributed by atoms with Crippen molar-refractivity contribution in [2.75, 3.05) is 6.61 Å². The predicted molar refractivity (Wildman–Crippen MR) is 59.6 cm³/mol. The second kappa shape index (κ2) is 3.62. The van der Waals surface area contributed by atoms with Gasteiger partial charge in [0.15, 0.2) is 5.43 Å². The molecule has 2 aromatic carbocycles. The maximum atomic E-state index is 11.1. The minimum Gasteiger partial charge on any atom is -0.481 e. The molecule has 0 spiro atoms. The molecule has 0 bridgehead atoms. The van der Waals surface area contributed by atoms with E-state index in [4.69, 9.17) is 11.2 Å². The van der Waals surface area contributed by atoms with Gasteiger partial charge in [-0.25, -0.2) is 0 Å². The Morgan fingerprint density at radius 2 is 1.93 bits per heavy atom. The maximum absolute atomic E-state index is 11.1. The number of rotatable bonds is 3. The van der Waals surface area contributed by atoms with E-state index in [1.54, 1.807) is 0 Å². The zero-order valence-corrected chi connectivity index (χ0v) is 8.41. The highest BCUT2D eigenvalue weighted by Crippen LogP contribution is 2.25. The Balaban J connectivity index is 2.15. The third kappa shape index (κ3) is 1.77. The standard InChI is InChI=1S/C13H10O2/c1-3-8-15-11-6-4-10(5-7-11)12-9(2)13(12)14/h1,4-7H,8H2,2H3. The van der Waals surface area contributed by atoms with Crippen LogP contribution in [0.1, 0.15) is 5.56 Å². The van der Waals surface area contributed by atoms with Crippen molar-refractivity contribution >= 4 is 0 Å². The van der Waals surface area contributed by atoms with E-state index in [0.717, 1.165) is 22.4 Å². The molecule has 0 aliphatic carbocycles. The van der Waals surface area contributed by atoms with Crippen LogP contribution in [0.4, 0.5) is 0 Å². The third-order valence-electron chi connectivity index (χ3n) is 2.35. The van der Waals surface area contributed by atoms with Crippen molar-refractivity contribution in [2.45, 2.75) is 6.92 Å². The van der Waals surface area contributed by atoms with E-state index in [9.17, 15) is 4.79 Å². The molecule has 0 N–H and O–H groups in total. The summed E-state index contributed by atoms with van der Waals surface area (Å²) in [5.41, 5.74) is 2.80. The molecule has 0 fully saturated rings. The van der Waals surface area contributed by atoms with Gasteiger partial charge in [0.2, 0.25) is 0 Å². The van der Waals surface area contributed by atoms with Gasteiger partial charge < -0.3 is 4.74 Å².